The first-order valence-electron chi connectivity index (χ1n) is 8.04. The zero-order valence-corrected chi connectivity index (χ0v) is 15.0. The van der Waals surface area contributed by atoms with Gasteiger partial charge in [-0.15, -0.1) is 0 Å². The van der Waals surface area contributed by atoms with Crippen molar-refractivity contribution in [2.24, 2.45) is 0 Å². The van der Waals surface area contributed by atoms with Gasteiger partial charge in [-0.05, 0) is 41.3 Å². The van der Waals surface area contributed by atoms with E-state index in [1.54, 1.807) is 12.1 Å². The first-order chi connectivity index (χ1) is 11.9. The smallest absolute Gasteiger partial charge is 0.274 e. The Morgan fingerprint density at radius 3 is 1.88 bits per heavy atom. The second-order valence-corrected chi connectivity index (χ2v) is 7.00. The summed E-state index contributed by atoms with van der Waals surface area (Å²) in [5.41, 5.74) is 0.0494. The molecule has 0 fully saturated rings. The van der Waals surface area contributed by atoms with Gasteiger partial charge in [0.1, 0.15) is 0 Å². The Kier molecular flexibility index (Phi) is 5.26. The molecule has 26 heavy (non-hydrogen) atoms. The number of imide groups is 1. The Morgan fingerprint density at radius 1 is 0.885 bits per heavy atom. The van der Waals surface area contributed by atoms with Crippen molar-refractivity contribution in [1.82, 2.24) is 0 Å². The average Bonchev–Trinajstić information content (AvgIpc) is 2.53. The zero-order chi connectivity index (χ0) is 19.7. The Morgan fingerprint density at radius 2 is 1.42 bits per heavy atom. The number of anilines is 1. The molecule has 2 aromatic rings. The van der Waals surface area contributed by atoms with E-state index in [4.69, 9.17) is 0 Å². The third kappa shape index (κ3) is 4.12. The van der Waals surface area contributed by atoms with Gasteiger partial charge in [0.15, 0.2) is 0 Å². The van der Waals surface area contributed by atoms with Crippen LogP contribution in [-0.4, -0.2) is 11.8 Å². The number of carbonyl (C=O) groups excluding carboxylic acids is 2. The molecule has 2 amide bonds. The van der Waals surface area contributed by atoms with Crippen molar-refractivity contribution in [2.45, 2.75) is 39.3 Å². The molecular weight excluding hydrogens is 343 g/mol. The minimum absolute atomic E-state index is 0.0110. The Balaban J connectivity index is 2.49. The first-order valence-corrected chi connectivity index (χ1v) is 8.04. The van der Waals surface area contributed by atoms with E-state index in [0.29, 0.717) is 5.69 Å². The van der Waals surface area contributed by atoms with E-state index >= 15 is 0 Å². The van der Waals surface area contributed by atoms with E-state index in [0.717, 1.165) is 34.7 Å². The Bertz CT molecular complexity index is 818. The molecule has 0 aromatic heterocycles. The highest BCUT2D eigenvalue weighted by atomic mass is 19.4. The highest BCUT2D eigenvalue weighted by Gasteiger charge is 2.31. The summed E-state index contributed by atoms with van der Waals surface area (Å²) in [5, 5.41) is 0. The number of benzene rings is 2. The van der Waals surface area contributed by atoms with E-state index in [9.17, 15) is 22.8 Å². The van der Waals surface area contributed by atoms with E-state index in [1.165, 1.54) is 6.92 Å². The number of hydrogen-bond donors (Lipinski definition) is 0. The van der Waals surface area contributed by atoms with Crippen molar-refractivity contribution in [2.75, 3.05) is 4.90 Å². The van der Waals surface area contributed by atoms with Gasteiger partial charge in [-0.25, -0.2) is 4.90 Å². The highest BCUT2D eigenvalue weighted by Crippen LogP contribution is 2.33. The van der Waals surface area contributed by atoms with Crippen LogP contribution in [0.15, 0.2) is 48.5 Å². The molecule has 2 aromatic carbocycles. The lowest BCUT2D eigenvalue weighted by Crippen LogP contribution is -2.37. The van der Waals surface area contributed by atoms with Crippen LogP contribution in [0.4, 0.5) is 18.9 Å². The fourth-order valence-electron chi connectivity index (χ4n) is 2.66. The van der Waals surface area contributed by atoms with Crippen LogP contribution in [0.5, 0.6) is 0 Å². The molecule has 0 bridgehead atoms. The van der Waals surface area contributed by atoms with Gasteiger partial charge in [0, 0.05) is 12.5 Å². The maximum atomic E-state index is 12.9. The quantitative estimate of drug-likeness (QED) is 0.736. The lowest BCUT2D eigenvalue weighted by atomic mass is 9.85. The zero-order valence-electron chi connectivity index (χ0n) is 15.0. The molecule has 0 atom stereocenters. The predicted octanol–water partition coefficient (Wildman–Crippen LogP) is 5.20. The normalized spacial score (nSPS) is 12.0. The third-order valence-electron chi connectivity index (χ3n) is 3.93. The average molecular weight is 363 g/mol. The number of para-hydroxylation sites is 1. The Hall–Kier alpha value is -2.63. The molecule has 0 aliphatic rings. The molecule has 6 heteroatoms. The number of halogens is 3. The summed E-state index contributed by atoms with van der Waals surface area (Å²) in [6.45, 7) is 7.10. The van der Waals surface area contributed by atoms with E-state index in [1.807, 2.05) is 32.9 Å². The van der Waals surface area contributed by atoms with E-state index in [2.05, 4.69) is 0 Å². The lowest BCUT2D eigenvalue weighted by Gasteiger charge is -2.28. The molecule has 0 aliphatic carbocycles. The molecule has 2 rings (SSSR count). The van der Waals surface area contributed by atoms with Crippen molar-refractivity contribution in [3.63, 3.8) is 0 Å². The number of hydrogen-bond acceptors (Lipinski definition) is 2. The standard InChI is InChI=1S/C20H20F3NO2/c1-13(25)24(17-8-6-5-7-16(17)19(2,3)4)18(26)14-9-11-15(12-10-14)20(21,22)23/h5-12H,1-4H3. The minimum Gasteiger partial charge on any atom is -0.274 e. The summed E-state index contributed by atoms with van der Waals surface area (Å²) in [7, 11) is 0. The fourth-order valence-corrected chi connectivity index (χ4v) is 2.66. The van der Waals surface area contributed by atoms with Gasteiger partial charge in [-0.2, -0.15) is 13.2 Å². The van der Waals surface area contributed by atoms with Crippen LogP contribution in [0, 0.1) is 0 Å². The van der Waals surface area contributed by atoms with Gasteiger partial charge >= 0.3 is 6.18 Å². The summed E-state index contributed by atoms with van der Waals surface area (Å²) >= 11 is 0. The maximum absolute atomic E-state index is 12.9. The van der Waals surface area contributed by atoms with Gasteiger partial charge in [0.2, 0.25) is 5.91 Å². The second-order valence-electron chi connectivity index (χ2n) is 7.00. The summed E-state index contributed by atoms with van der Waals surface area (Å²) < 4.78 is 38.1. The summed E-state index contributed by atoms with van der Waals surface area (Å²) in [6.07, 6.45) is -4.49. The number of alkyl halides is 3. The predicted molar refractivity (Wildman–Crippen MR) is 94.1 cm³/mol. The molecule has 0 N–H and O–H groups in total. The van der Waals surface area contributed by atoms with Gasteiger partial charge in [-0.1, -0.05) is 39.0 Å². The Labute approximate surface area is 150 Å². The third-order valence-corrected chi connectivity index (χ3v) is 3.93. The van der Waals surface area contributed by atoms with Crippen LogP contribution in [0.25, 0.3) is 0 Å². The van der Waals surface area contributed by atoms with Crippen molar-refractivity contribution >= 4 is 17.5 Å². The summed E-state index contributed by atoms with van der Waals surface area (Å²) in [5.74, 6) is -1.17. The monoisotopic (exact) mass is 363 g/mol. The van der Waals surface area contributed by atoms with Crippen LogP contribution in [0.2, 0.25) is 0 Å². The van der Waals surface area contributed by atoms with Crippen molar-refractivity contribution in [3.8, 4) is 0 Å². The molecule has 0 saturated heterocycles. The number of carbonyl (C=O) groups is 2. The van der Waals surface area contributed by atoms with E-state index < -0.39 is 23.6 Å². The van der Waals surface area contributed by atoms with Crippen molar-refractivity contribution in [1.29, 1.82) is 0 Å². The largest absolute Gasteiger partial charge is 0.416 e. The van der Waals surface area contributed by atoms with Gasteiger partial charge < -0.3 is 0 Å². The number of amides is 2. The second kappa shape index (κ2) is 6.94. The van der Waals surface area contributed by atoms with Crippen LogP contribution in [0.1, 0.15) is 49.2 Å². The SMILES string of the molecule is CC(=O)N(C(=O)c1ccc(C(F)(F)F)cc1)c1ccccc1C(C)(C)C. The van der Waals surface area contributed by atoms with Crippen molar-refractivity contribution < 1.29 is 22.8 Å². The first kappa shape index (κ1) is 19.7. The van der Waals surface area contributed by atoms with Crippen molar-refractivity contribution in [3.05, 3.63) is 65.2 Å². The lowest BCUT2D eigenvalue weighted by molar-refractivity contribution is -0.137. The number of rotatable bonds is 2. The molecule has 138 valence electrons. The molecule has 0 aliphatic heterocycles. The number of nitrogens with zero attached hydrogens (tertiary/aromatic N) is 1. The fraction of sp³-hybridized carbons (Fsp3) is 0.300. The van der Waals surface area contributed by atoms with Gasteiger partial charge in [0.05, 0.1) is 11.3 Å². The summed E-state index contributed by atoms with van der Waals surface area (Å²) in [4.78, 5) is 26.0. The molecule has 3 nitrogen and oxygen atoms in total. The highest BCUT2D eigenvalue weighted by molar-refractivity contribution is 6.20. The van der Waals surface area contributed by atoms with Gasteiger partial charge in [-0.3, -0.25) is 9.59 Å². The molecule has 0 saturated carbocycles. The van der Waals surface area contributed by atoms with Gasteiger partial charge in [0.25, 0.3) is 5.91 Å². The van der Waals surface area contributed by atoms with Crippen LogP contribution < -0.4 is 4.90 Å². The molecule has 0 spiro atoms. The molecule has 0 radical (unpaired) electrons. The van der Waals surface area contributed by atoms with Crippen LogP contribution in [0.3, 0.4) is 0 Å². The molecular formula is C20H20F3NO2. The maximum Gasteiger partial charge on any atom is 0.416 e. The van der Waals surface area contributed by atoms with Crippen LogP contribution in [-0.2, 0) is 16.4 Å². The summed E-state index contributed by atoms with van der Waals surface area (Å²) in [6, 6.07) is 10.8. The topological polar surface area (TPSA) is 37.4 Å². The van der Waals surface area contributed by atoms with Crippen LogP contribution >= 0.6 is 0 Å². The van der Waals surface area contributed by atoms with E-state index in [-0.39, 0.29) is 11.0 Å². The minimum atomic E-state index is -4.49. The molecule has 0 unspecified atom stereocenters. The molecule has 0 heterocycles.